The van der Waals surface area contributed by atoms with Gasteiger partial charge in [-0.25, -0.2) is 4.79 Å². The fourth-order valence-corrected chi connectivity index (χ4v) is 2.71. The second-order valence-electron chi connectivity index (χ2n) is 5.02. The summed E-state index contributed by atoms with van der Waals surface area (Å²) in [6.07, 6.45) is 5.90. The molecular formula is C17H16N2O4. The number of aromatic nitrogens is 2. The van der Waals surface area contributed by atoms with Crippen molar-refractivity contribution in [1.29, 1.82) is 0 Å². The highest BCUT2D eigenvalue weighted by Gasteiger charge is 2.21. The summed E-state index contributed by atoms with van der Waals surface area (Å²) < 4.78 is 17.6. The van der Waals surface area contributed by atoms with Gasteiger partial charge in [-0.1, -0.05) is 5.92 Å². The predicted molar refractivity (Wildman–Crippen MR) is 85.1 cm³/mol. The van der Waals surface area contributed by atoms with Crippen molar-refractivity contribution >= 4 is 0 Å². The summed E-state index contributed by atoms with van der Waals surface area (Å²) in [5.41, 5.74) is 2.37. The van der Waals surface area contributed by atoms with E-state index >= 15 is 0 Å². The molecule has 0 amide bonds. The number of methoxy groups -OCH3 is 2. The summed E-state index contributed by atoms with van der Waals surface area (Å²) >= 11 is 0. The van der Waals surface area contributed by atoms with Gasteiger partial charge in [0.15, 0.2) is 18.1 Å². The fourth-order valence-electron chi connectivity index (χ4n) is 2.71. The van der Waals surface area contributed by atoms with E-state index in [1.165, 1.54) is 0 Å². The number of ether oxygens (including phenoxy) is 3. The summed E-state index contributed by atoms with van der Waals surface area (Å²) in [5, 5.41) is 0. The number of terminal acetylenes is 1. The van der Waals surface area contributed by atoms with E-state index in [0.29, 0.717) is 18.0 Å². The minimum Gasteiger partial charge on any atom is -0.493 e. The van der Waals surface area contributed by atoms with Crippen LogP contribution < -0.4 is 19.9 Å². The largest absolute Gasteiger partial charge is 0.493 e. The molecule has 118 valence electrons. The molecule has 1 aromatic heterocycles. The zero-order chi connectivity index (χ0) is 16.4. The maximum Gasteiger partial charge on any atom is 0.351 e. The molecule has 0 aliphatic carbocycles. The van der Waals surface area contributed by atoms with E-state index < -0.39 is 0 Å². The van der Waals surface area contributed by atoms with Crippen LogP contribution in [0.3, 0.4) is 0 Å². The molecule has 0 bridgehead atoms. The summed E-state index contributed by atoms with van der Waals surface area (Å²) in [5.74, 6) is 3.86. The second-order valence-corrected chi connectivity index (χ2v) is 5.02. The van der Waals surface area contributed by atoms with E-state index in [-0.39, 0.29) is 18.2 Å². The van der Waals surface area contributed by atoms with E-state index in [0.717, 1.165) is 23.2 Å². The highest BCUT2D eigenvalue weighted by molar-refractivity contribution is 5.70. The van der Waals surface area contributed by atoms with Crippen molar-refractivity contribution in [1.82, 2.24) is 9.55 Å². The first-order valence-corrected chi connectivity index (χ1v) is 7.11. The second kappa shape index (κ2) is 6.05. The van der Waals surface area contributed by atoms with Crippen LogP contribution in [-0.2, 0) is 13.0 Å². The van der Waals surface area contributed by atoms with Crippen LogP contribution in [0.5, 0.6) is 17.4 Å². The van der Waals surface area contributed by atoms with Crippen molar-refractivity contribution in [3.05, 3.63) is 34.2 Å². The van der Waals surface area contributed by atoms with Gasteiger partial charge in [0.1, 0.15) is 0 Å². The van der Waals surface area contributed by atoms with Crippen molar-refractivity contribution in [2.75, 3.05) is 20.8 Å². The highest BCUT2D eigenvalue weighted by Crippen LogP contribution is 2.38. The lowest BCUT2D eigenvalue weighted by Crippen LogP contribution is -2.28. The molecule has 1 aliphatic rings. The Hall–Kier alpha value is -2.94. The molecule has 2 aromatic rings. The summed E-state index contributed by atoms with van der Waals surface area (Å²) in [6.45, 7) is 0.619. The van der Waals surface area contributed by atoms with Crippen LogP contribution >= 0.6 is 0 Å². The average Bonchev–Trinajstić information content (AvgIpc) is 2.58. The molecule has 0 atom stereocenters. The van der Waals surface area contributed by atoms with Crippen LogP contribution in [0.1, 0.15) is 5.56 Å². The van der Waals surface area contributed by atoms with E-state index in [4.69, 9.17) is 20.6 Å². The number of hydrogen-bond acceptors (Lipinski definition) is 5. The van der Waals surface area contributed by atoms with Gasteiger partial charge in [0, 0.05) is 18.2 Å². The van der Waals surface area contributed by atoms with Gasteiger partial charge in [-0.05, 0) is 24.1 Å². The molecule has 2 heterocycles. The quantitative estimate of drug-likeness (QED) is 0.801. The third kappa shape index (κ3) is 2.61. The van der Waals surface area contributed by atoms with E-state index in [1.54, 1.807) is 24.9 Å². The zero-order valence-corrected chi connectivity index (χ0v) is 13.0. The molecule has 0 saturated heterocycles. The Morgan fingerprint density at radius 2 is 2.00 bits per heavy atom. The van der Waals surface area contributed by atoms with Gasteiger partial charge in [0.25, 0.3) is 0 Å². The smallest absolute Gasteiger partial charge is 0.351 e. The molecule has 0 spiro atoms. The molecule has 0 unspecified atom stereocenters. The highest BCUT2D eigenvalue weighted by atomic mass is 16.5. The number of rotatable bonds is 4. The Morgan fingerprint density at radius 3 is 2.70 bits per heavy atom. The van der Waals surface area contributed by atoms with Crippen LogP contribution in [0.15, 0.2) is 23.0 Å². The van der Waals surface area contributed by atoms with E-state index in [2.05, 4.69) is 10.9 Å². The first kappa shape index (κ1) is 15.0. The Morgan fingerprint density at radius 1 is 1.26 bits per heavy atom. The van der Waals surface area contributed by atoms with Gasteiger partial charge in [0.2, 0.25) is 5.88 Å². The van der Waals surface area contributed by atoms with E-state index in [9.17, 15) is 4.79 Å². The summed E-state index contributed by atoms with van der Waals surface area (Å²) in [6, 6.07) is 5.52. The molecule has 0 N–H and O–H groups in total. The number of aryl methyl sites for hydroxylation is 1. The monoisotopic (exact) mass is 312 g/mol. The molecule has 23 heavy (non-hydrogen) atoms. The minimum absolute atomic E-state index is 0.0642. The fraction of sp³-hybridized carbons (Fsp3) is 0.294. The Bertz CT molecular complexity index is 849. The molecule has 0 radical (unpaired) electrons. The topological polar surface area (TPSA) is 62.6 Å². The lowest BCUT2D eigenvalue weighted by molar-refractivity contribution is 0.350. The Labute approximate surface area is 133 Å². The third-order valence-corrected chi connectivity index (χ3v) is 3.78. The molecule has 0 fully saturated rings. The van der Waals surface area contributed by atoms with Gasteiger partial charge < -0.3 is 14.2 Å². The first-order valence-electron chi connectivity index (χ1n) is 7.11. The number of fused-ring (bicyclic) bond motifs is 3. The van der Waals surface area contributed by atoms with Gasteiger partial charge in [-0.3, -0.25) is 4.57 Å². The molecule has 6 nitrogen and oxygen atoms in total. The standard InChI is InChI=1S/C17H16N2O4/c1-4-7-23-16-10-13-12-9-15(22-3)14(21-2)8-11(12)5-6-19(13)17(20)18-16/h1,8-10H,5-7H2,2-3H3. The maximum atomic E-state index is 12.2. The maximum absolute atomic E-state index is 12.2. The normalized spacial score (nSPS) is 11.9. The Balaban J connectivity index is 2.17. The lowest BCUT2D eigenvalue weighted by atomic mass is 9.97. The van der Waals surface area contributed by atoms with Gasteiger partial charge in [-0.2, -0.15) is 4.98 Å². The van der Waals surface area contributed by atoms with Crippen molar-refractivity contribution in [3.63, 3.8) is 0 Å². The van der Waals surface area contributed by atoms with Crippen molar-refractivity contribution in [3.8, 4) is 41.0 Å². The Kier molecular flexibility index (Phi) is 3.94. The number of nitrogens with zero attached hydrogens (tertiary/aromatic N) is 2. The zero-order valence-electron chi connectivity index (χ0n) is 13.0. The van der Waals surface area contributed by atoms with Gasteiger partial charge >= 0.3 is 5.69 Å². The van der Waals surface area contributed by atoms with Gasteiger partial charge in [-0.15, -0.1) is 6.42 Å². The number of hydrogen-bond donors (Lipinski definition) is 0. The SMILES string of the molecule is C#CCOc1cc2n(c(=O)n1)CCc1cc(OC)c(OC)cc1-2. The van der Waals surface area contributed by atoms with Crippen molar-refractivity contribution in [2.24, 2.45) is 0 Å². The molecule has 1 aromatic carbocycles. The third-order valence-electron chi connectivity index (χ3n) is 3.78. The van der Waals surface area contributed by atoms with Crippen LogP contribution in [0.25, 0.3) is 11.3 Å². The predicted octanol–water partition coefficient (Wildman–Crippen LogP) is 1.50. The van der Waals surface area contributed by atoms with Gasteiger partial charge in [0.05, 0.1) is 19.9 Å². The minimum atomic E-state index is -0.352. The number of benzene rings is 1. The molecule has 0 saturated carbocycles. The van der Waals surface area contributed by atoms with Crippen molar-refractivity contribution < 1.29 is 14.2 Å². The van der Waals surface area contributed by atoms with E-state index in [1.807, 2.05) is 12.1 Å². The molecular weight excluding hydrogens is 296 g/mol. The van der Waals surface area contributed by atoms with Crippen molar-refractivity contribution in [2.45, 2.75) is 13.0 Å². The van der Waals surface area contributed by atoms with Crippen LogP contribution in [0, 0.1) is 12.3 Å². The lowest BCUT2D eigenvalue weighted by Gasteiger charge is -2.23. The van der Waals surface area contributed by atoms with Crippen LogP contribution in [0.2, 0.25) is 0 Å². The molecule has 3 rings (SSSR count). The average molecular weight is 312 g/mol. The molecule has 1 aliphatic heterocycles. The van der Waals surface area contributed by atoms with Crippen LogP contribution in [-0.4, -0.2) is 30.4 Å². The first-order chi connectivity index (χ1) is 11.2. The van der Waals surface area contributed by atoms with Crippen LogP contribution in [0.4, 0.5) is 0 Å². The molecule has 6 heteroatoms. The summed E-state index contributed by atoms with van der Waals surface area (Å²) in [4.78, 5) is 16.1. The summed E-state index contributed by atoms with van der Waals surface area (Å²) in [7, 11) is 3.18.